The Bertz CT molecular complexity index is 1010. The van der Waals surface area contributed by atoms with E-state index in [1.807, 2.05) is 11.9 Å². The number of hydrogen-bond acceptors (Lipinski definition) is 6. The van der Waals surface area contributed by atoms with Gasteiger partial charge in [-0.2, -0.15) is 0 Å². The first kappa shape index (κ1) is 18.2. The number of likely N-dealkylation sites (N-methyl/N-ethyl adjacent to an activating group) is 1. The summed E-state index contributed by atoms with van der Waals surface area (Å²) in [6.45, 7) is 3.05. The van der Waals surface area contributed by atoms with E-state index < -0.39 is 0 Å². The van der Waals surface area contributed by atoms with Crippen LogP contribution in [0.5, 0.6) is 11.5 Å². The van der Waals surface area contributed by atoms with Crippen molar-refractivity contribution < 1.29 is 14.3 Å². The van der Waals surface area contributed by atoms with Crippen LogP contribution in [-0.4, -0.2) is 59.1 Å². The lowest BCUT2D eigenvalue weighted by Gasteiger charge is -2.32. The largest absolute Gasteiger partial charge is 0.454 e. The van der Waals surface area contributed by atoms with E-state index in [1.165, 1.54) is 0 Å². The van der Waals surface area contributed by atoms with Gasteiger partial charge in [-0.15, -0.1) is 0 Å². The van der Waals surface area contributed by atoms with Gasteiger partial charge in [0.15, 0.2) is 11.5 Å². The smallest absolute Gasteiger partial charge is 0.255 e. The lowest BCUT2D eigenvalue weighted by Crippen LogP contribution is -2.39. The first-order chi connectivity index (χ1) is 14.1. The van der Waals surface area contributed by atoms with Gasteiger partial charge in [0.2, 0.25) is 6.79 Å². The van der Waals surface area contributed by atoms with Gasteiger partial charge in [0.25, 0.3) is 11.5 Å². The molecule has 0 unspecified atom stereocenters. The highest BCUT2D eigenvalue weighted by atomic mass is 16.7. The molecule has 152 valence electrons. The Morgan fingerprint density at radius 3 is 2.79 bits per heavy atom. The van der Waals surface area contributed by atoms with Crippen LogP contribution in [-0.2, 0) is 13.0 Å². The number of aromatic amines is 1. The van der Waals surface area contributed by atoms with Crippen molar-refractivity contribution in [3.05, 3.63) is 51.2 Å². The Labute approximate surface area is 168 Å². The van der Waals surface area contributed by atoms with E-state index in [1.54, 1.807) is 18.2 Å². The second kappa shape index (κ2) is 7.18. The summed E-state index contributed by atoms with van der Waals surface area (Å²) in [5.74, 6) is 2.24. The minimum atomic E-state index is -0.0181. The number of H-pyrrole nitrogens is 1. The number of piperidine rings is 1. The zero-order valence-electron chi connectivity index (χ0n) is 16.4. The Kier molecular flexibility index (Phi) is 4.50. The number of nitrogens with one attached hydrogen (secondary N) is 1. The van der Waals surface area contributed by atoms with Crippen molar-refractivity contribution in [1.82, 2.24) is 19.8 Å². The molecule has 0 aliphatic carbocycles. The van der Waals surface area contributed by atoms with E-state index >= 15 is 0 Å². The second-order valence-corrected chi connectivity index (χ2v) is 8.00. The summed E-state index contributed by atoms with van der Waals surface area (Å²) in [6.07, 6.45) is 2.39. The average Bonchev–Trinajstić information content (AvgIpc) is 3.21. The summed E-state index contributed by atoms with van der Waals surface area (Å²) in [5, 5.41) is 0. The van der Waals surface area contributed by atoms with Gasteiger partial charge >= 0.3 is 0 Å². The molecule has 5 rings (SSSR count). The number of hydrogen-bond donors (Lipinski definition) is 1. The van der Waals surface area contributed by atoms with E-state index in [4.69, 9.17) is 14.5 Å². The lowest BCUT2D eigenvalue weighted by molar-refractivity contribution is 0.0710. The van der Waals surface area contributed by atoms with Gasteiger partial charge in [0.05, 0.1) is 11.3 Å². The predicted octanol–water partition coefficient (Wildman–Crippen LogP) is 1.51. The summed E-state index contributed by atoms with van der Waals surface area (Å²) in [5.41, 5.74) is 2.31. The molecule has 0 saturated carbocycles. The van der Waals surface area contributed by atoms with Crippen LogP contribution in [0.1, 0.15) is 46.2 Å². The van der Waals surface area contributed by atoms with Gasteiger partial charge < -0.3 is 24.3 Å². The molecule has 8 heteroatoms. The summed E-state index contributed by atoms with van der Waals surface area (Å²) in [4.78, 5) is 37.2. The number of carbonyl (C=O) groups excluding carboxylic acids is 1. The van der Waals surface area contributed by atoms with Crippen molar-refractivity contribution in [2.24, 2.45) is 0 Å². The third-order valence-electron chi connectivity index (χ3n) is 6.07. The molecule has 8 nitrogen and oxygen atoms in total. The van der Waals surface area contributed by atoms with Crippen LogP contribution in [0.3, 0.4) is 0 Å². The van der Waals surface area contributed by atoms with Crippen LogP contribution < -0.4 is 15.0 Å². The topological polar surface area (TPSA) is 87.8 Å². The van der Waals surface area contributed by atoms with Crippen molar-refractivity contribution in [3.8, 4) is 11.5 Å². The van der Waals surface area contributed by atoms with Gasteiger partial charge in [0, 0.05) is 44.1 Å². The normalized spacial score (nSPS) is 19.3. The Hall–Kier alpha value is -2.87. The molecule has 0 bridgehead atoms. The Balaban J connectivity index is 1.28. The molecule has 1 N–H and O–H groups in total. The molecular weight excluding hydrogens is 372 g/mol. The van der Waals surface area contributed by atoms with Crippen molar-refractivity contribution in [3.63, 3.8) is 0 Å². The molecule has 4 heterocycles. The number of benzene rings is 1. The highest BCUT2D eigenvalue weighted by Crippen LogP contribution is 2.33. The highest BCUT2D eigenvalue weighted by molar-refractivity contribution is 5.95. The number of fused-ring (bicyclic) bond motifs is 2. The SMILES string of the molecule is CN1CCc2nc(C3CCN(C(=O)c4ccc5c(c4)OCO5)CC3)[nH]c(=O)c2C1. The fourth-order valence-electron chi connectivity index (χ4n) is 4.34. The fourth-order valence-corrected chi connectivity index (χ4v) is 4.34. The van der Waals surface area contributed by atoms with Gasteiger partial charge in [-0.05, 0) is 38.1 Å². The van der Waals surface area contributed by atoms with Crippen LogP contribution in [0.2, 0.25) is 0 Å². The summed E-state index contributed by atoms with van der Waals surface area (Å²) in [7, 11) is 2.02. The molecule has 0 radical (unpaired) electrons. The molecular formula is C21H24N4O4. The molecule has 29 heavy (non-hydrogen) atoms. The monoisotopic (exact) mass is 396 g/mol. The molecule has 0 atom stereocenters. The van der Waals surface area contributed by atoms with E-state index in [9.17, 15) is 9.59 Å². The van der Waals surface area contributed by atoms with Crippen LogP contribution in [0, 0.1) is 0 Å². The molecule has 0 spiro atoms. The van der Waals surface area contributed by atoms with Crippen molar-refractivity contribution >= 4 is 5.91 Å². The summed E-state index contributed by atoms with van der Waals surface area (Å²) in [6, 6.07) is 5.30. The first-order valence-corrected chi connectivity index (χ1v) is 10.1. The third kappa shape index (κ3) is 3.37. The molecule has 1 saturated heterocycles. The number of rotatable bonds is 2. The lowest BCUT2D eigenvalue weighted by atomic mass is 9.94. The van der Waals surface area contributed by atoms with E-state index in [0.29, 0.717) is 36.7 Å². The summed E-state index contributed by atoms with van der Waals surface area (Å²) < 4.78 is 10.7. The Morgan fingerprint density at radius 1 is 1.17 bits per heavy atom. The van der Waals surface area contributed by atoms with Gasteiger partial charge in [-0.1, -0.05) is 0 Å². The number of nitrogens with zero attached hydrogens (tertiary/aromatic N) is 3. The number of aromatic nitrogens is 2. The highest BCUT2D eigenvalue weighted by Gasteiger charge is 2.28. The van der Waals surface area contributed by atoms with Crippen molar-refractivity contribution in [1.29, 1.82) is 0 Å². The molecule has 1 aromatic heterocycles. The Morgan fingerprint density at radius 2 is 1.97 bits per heavy atom. The maximum absolute atomic E-state index is 12.9. The van der Waals surface area contributed by atoms with E-state index in [2.05, 4.69) is 9.88 Å². The van der Waals surface area contributed by atoms with Crippen LogP contribution >= 0.6 is 0 Å². The summed E-state index contributed by atoms with van der Waals surface area (Å²) >= 11 is 0. The molecule has 1 amide bonds. The maximum Gasteiger partial charge on any atom is 0.255 e. The minimum Gasteiger partial charge on any atom is -0.454 e. The second-order valence-electron chi connectivity index (χ2n) is 8.00. The molecule has 2 aromatic rings. The number of amides is 1. The van der Waals surface area contributed by atoms with Crippen LogP contribution in [0.15, 0.2) is 23.0 Å². The zero-order valence-corrected chi connectivity index (χ0v) is 16.4. The van der Waals surface area contributed by atoms with Crippen LogP contribution in [0.4, 0.5) is 0 Å². The molecule has 1 fully saturated rings. The third-order valence-corrected chi connectivity index (χ3v) is 6.07. The fraction of sp³-hybridized carbons (Fsp3) is 0.476. The molecule has 3 aliphatic rings. The number of likely N-dealkylation sites (tertiary alicyclic amines) is 1. The molecule has 3 aliphatic heterocycles. The number of carbonyl (C=O) groups is 1. The first-order valence-electron chi connectivity index (χ1n) is 10.1. The molecule has 1 aromatic carbocycles. The average molecular weight is 396 g/mol. The maximum atomic E-state index is 12.9. The van der Waals surface area contributed by atoms with Gasteiger partial charge in [-0.25, -0.2) is 4.98 Å². The van der Waals surface area contributed by atoms with E-state index in [0.717, 1.165) is 42.9 Å². The predicted molar refractivity (Wildman–Crippen MR) is 105 cm³/mol. The van der Waals surface area contributed by atoms with Crippen molar-refractivity contribution in [2.75, 3.05) is 33.5 Å². The standard InChI is InChI=1S/C21H24N4O4/c1-24-7-6-16-15(11-24)20(26)23-19(22-16)13-4-8-25(9-5-13)21(27)14-2-3-17-18(10-14)29-12-28-17/h2-3,10,13H,4-9,11-12H2,1H3,(H,22,23,26). The van der Waals surface area contributed by atoms with Gasteiger partial charge in [-0.3, -0.25) is 9.59 Å². The number of ether oxygens (including phenoxy) is 2. The van der Waals surface area contributed by atoms with E-state index in [-0.39, 0.29) is 24.2 Å². The van der Waals surface area contributed by atoms with Gasteiger partial charge in [0.1, 0.15) is 5.82 Å². The zero-order chi connectivity index (χ0) is 20.0. The minimum absolute atomic E-state index is 0.00307. The van der Waals surface area contributed by atoms with Crippen LogP contribution in [0.25, 0.3) is 0 Å². The van der Waals surface area contributed by atoms with Crippen molar-refractivity contribution in [2.45, 2.75) is 31.7 Å². The quantitative estimate of drug-likeness (QED) is 0.828.